The number of imidazole rings is 1. The third kappa shape index (κ3) is 5.33. The average molecular weight is 499 g/mol. The van der Waals surface area contributed by atoms with Crippen LogP contribution in [-0.4, -0.2) is 55.5 Å². The number of hydrogen-bond acceptors (Lipinski definition) is 6. The van der Waals surface area contributed by atoms with Crippen LogP contribution >= 0.6 is 0 Å². The summed E-state index contributed by atoms with van der Waals surface area (Å²) in [5.41, 5.74) is 0.854. The quantitative estimate of drug-likeness (QED) is 0.512. The van der Waals surface area contributed by atoms with E-state index >= 15 is 0 Å². The lowest BCUT2D eigenvalue weighted by Gasteiger charge is -2.32. The summed E-state index contributed by atoms with van der Waals surface area (Å²) in [6, 6.07) is 13.3. The van der Waals surface area contributed by atoms with Gasteiger partial charge in [-0.25, -0.2) is 13.4 Å². The van der Waals surface area contributed by atoms with E-state index in [9.17, 15) is 13.2 Å². The number of benzene rings is 2. The molecule has 3 aromatic rings. The summed E-state index contributed by atoms with van der Waals surface area (Å²) < 4.78 is 40.1. The van der Waals surface area contributed by atoms with Gasteiger partial charge in [0.25, 0.3) is 0 Å². The fourth-order valence-corrected chi connectivity index (χ4v) is 5.80. The molecule has 1 aliphatic heterocycles. The number of aryl methyl sites for hydroxylation is 1. The van der Waals surface area contributed by atoms with Crippen LogP contribution in [-0.2, 0) is 21.9 Å². The normalized spacial score (nSPS) is 17.5. The minimum absolute atomic E-state index is 0.121. The monoisotopic (exact) mass is 498 g/mol. The molecule has 2 heterocycles. The van der Waals surface area contributed by atoms with E-state index in [1.165, 1.54) is 23.5 Å². The van der Waals surface area contributed by atoms with Crippen LogP contribution in [0.25, 0.3) is 0 Å². The van der Waals surface area contributed by atoms with E-state index in [0.29, 0.717) is 36.7 Å². The van der Waals surface area contributed by atoms with Crippen LogP contribution < -0.4 is 14.8 Å². The molecule has 0 spiro atoms. The van der Waals surface area contributed by atoms with Crippen molar-refractivity contribution in [3.8, 4) is 11.5 Å². The van der Waals surface area contributed by atoms with E-state index < -0.39 is 22.0 Å². The second-order valence-electron chi connectivity index (χ2n) is 8.49. The molecule has 0 saturated carbocycles. The molecule has 1 N–H and O–H groups in total. The van der Waals surface area contributed by atoms with Crippen LogP contribution in [0.2, 0.25) is 0 Å². The van der Waals surface area contributed by atoms with E-state index in [1.54, 1.807) is 25.4 Å². The molecule has 0 bridgehead atoms. The molecule has 35 heavy (non-hydrogen) atoms. The molecule has 2 aromatic carbocycles. The van der Waals surface area contributed by atoms with Crippen LogP contribution in [0.4, 0.5) is 0 Å². The van der Waals surface area contributed by atoms with Gasteiger partial charge in [-0.1, -0.05) is 12.1 Å². The number of carbonyl (C=O) groups excluding carboxylic acids is 1. The molecule has 1 fully saturated rings. The minimum atomic E-state index is -3.72. The lowest BCUT2D eigenvalue weighted by atomic mass is 9.97. The fourth-order valence-electron chi connectivity index (χ4n) is 4.28. The predicted octanol–water partition coefficient (Wildman–Crippen LogP) is 2.74. The average Bonchev–Trinajstić information content (AvgIpc) is 3.32. The molecule has 186 valence electrons. The Morgan fingerprint density at radius 1 is 1.06 bits per heavy atom. The van der Waals surface area contributed by atoms with Crippen molar-refractivity contribution in [3.63, 3.8) is 0 Å². The van der Waals surface area contributed by atoms with Gasteiger partial charge in [-0.05, 0) is 54.8 Å². The zero-order chi connectivity index (χ0) is 25.0. The molecule has 1 saturated heterocycles. The highest BCUT2D eigenvalue weighted by molar-refractivity contribution is 7.89. The van der Waals surface area contributed by atoms with Gasteiger partial charge >= 0.3 is 0 Å². The fraction of sp³-hybridized carbons (Fsp3) is 0.360. The Balaban J connectivity index is 1.53. The standard InChI is InChI=1S/C25H30N4O5S/c1-28-16-14-26-24(28)23(18-6-8-20(33-2)9-7-18)27-25(30)19-5-4-15-29(17-19)35(31,32)22-12-10-21(34-3)11-13-22/h6-14,16,19,23H,4-5,15,17H2,1-3H3,(H,27,30). The lowest BCUT2D eigenvalue weighted by Crippen LogP contribution is -2.46. The highest BCUT2D eigenvalue weighted by atomic mass is 32.2. The molecule has 2 atom stereocenters. The Morgan fingerprint density at radius 3 is 2.26 bits per heavy atom. The van der Waals surface area contributed by atoms with E-state index in [4.69, 9.17) is 9.47 Å². The van der Waals surface area contributed by atoms with Crippen molar-refractivity contribution in [3.05, 3.63) is 72.3 Å². The van der Waals surface area contributed by atoms with Crippen molar-refractivity contribution in [1.29, 1.82) is 0 Å². The summed E-state index contributed by atoms with van der Waals surface area (Å²) in [4.78, 5) is 18.0. The summed E-state index contributed by atoms with van der Waals surface area (Å²) in [5, 5.41) is 3.11. The van der Waals surface area contributed by atoms with Gasteiger partial charge in [0, 0.05) is 32.5 Å². The molecule has 4 rings (SSSR count). The maximum Gasteiger partial charge on any atom is 0.243 e. The Labute approximate surface area is 205 Å². The zero-order valence-electron chi connectivity index (χ0n) is 20.0. The van der Waals surface area contributed by atoms with Crippen molar-refractivity contribution in [2.24, 2.45) is 13.0 Å². The van der Waals surface area contributed by atoms with Gasteiger partial charge < -0.3 is 19.4 Å². The number of ether oxygens (including phenoxy) is 2. The zero-order valence-corrected chi connectivity index (χ0v) is 20.9. The van der Waals surface area contributed by atoms with Gasteiger partial charge in [0.05, 0.1) is 25.0 Å². The summed E-state index contributed by atoms with van der Waals surface area (Å²) >= 11 is 0. The molecule has 9 nitrogen and oxygen atoms in total. The number of nitrogens with zero attached hydrogens (tertiary/aromatic N) is 3. The van der Waals surface area contributed by atoms with Crippen LogP contribution in [0.5, 0.6) is 11.5 Å². The van der Waals surface area contributed by atoms with Gasteiger partial charge in [-0.2, -0.15) is 4.31 Å². The van der Waals surface area contributed by atoms with Crippen molar-refractivity contribution in [1.82, 2.24) is 19.2 Å². The molecule has 10 heteroatoms. The topological polar surface area (TPSA) is 103 Å². The highest BCUT2D eigenvalue weighted by Crippen LogP contribution is 2.28. The number of sulfonamides is 1. The maximum atomic E-state index is 13.4. The molecule has 0 radical (unpaired) electrons. The van der Waals surface area contributed by atoms with Crippen LogP contribution in [0.3, 0.4) is 0 Å². The van der Waals surface area contributed by atoms with Crippen molar-refractivity contribution < 1.29 is 22.7 Å². The predicted molar refractivity (Wildman–Crippen MR) is 131 cm³/mol. The van der Waals surface area contributed by atoms with Crippen LogP contribution in [0.15, 0.2) is 65.8 Å². The largest absolute Gasteiger partial charge is 0.497 e. The number of piperidine rings is 1. The molecular weight excluding hydrogens is 468 g/mol. The second-order valence-corrected chi connectivity index (χ2v) is 10.4. The first-order valence-corrected chi connectivity index (χ1v) is 12.8. The Kier molecular flexibility index (Phi) is 7.42. The molecule has 1 amide bonds. The third-order valence-corrected chi connectivity index (χ3v) is 8.18. The first kappa shape index (κ1) is 24.7. The van der Waals surface area contributed by atoms with Gasteiger partial charge in [0.2, 0.25) is 15.9 Å². The smallest absolute Gasteiger partial charge is 0.243 e. The summed E-state index contributed by atoms with van der Waals surface area (Å²) in [6.07, 6.45) is 4.71. The maximum absolute atomic E-state index is 13.4. The van der Waals surface area contributed by atoms with Gasteiger partial charge in [-0.3, -0.25) is 4.79 Å². The van der Waals surface area contributed by atoms with Gasteiger partial charge in [-0.15, -0.1) is 0 Å². The Hall–Kier alpha value is -3.37. The van der Waals surface area contributed by atoms with Gasteiger partial charge in [0.15, 0.2) is 0 Å². The first-order chi connectivity index (χ1) is 16.8. The number of nitrogens with one attached hydrogen (secondary N) is 1. The summed E-state index contributed by atoms with van der Waals surface area (Å²) in [6.45, 7) is 0.496. The van der Waals surface area contributed by atoms with Crippen molar-refractivity contribution in [2.45, 2.75) is 23.8 Å². The van der Waals surface area contributed by atoms with E-state index in [1.807, 2.05) is 42.1 Å². The van der Waals surface area contributed by atoms with E-state index in [-0.39, 0.29) is 17.3 Å². The van der Waals surface area contributed by atoms with Crippen molar-refractivity contribution in [2.75, 3.05) is 27.3 Å². The molecule has 0 aliphatic carbocycles. The number of carbonyl (C=O) groups is 1. The molecule has 1 aromatic heterocycles. The summed E-state index contributed by atoms with van der Waals surface area (Å²) in [5.74, 6) is 1.30. The lowest BCUT2D eigenvalue weighted by molar-refractivity contribution is -0.126. The molecule has 1 aliphatic rings. The first-order valence-electron chi connectivity index (χ1n) is 11.4. The second kappa shape index (κ2) is 10.5. The highest BCUT2D eigenvalue weighted by Gasteiger charge is 2.34. The van der Waals surface area contributed by atoms with Crippen molar-refractivity contribution >= 4 is 15.9 Å². The number of methoxy groups -OCH3 is 2. The SMILES string of the molecule is COc1ccc(C(NC(=O)C2CCCN(S(=O)(=O)c3ccc(OC)cc3)C2)c2nccn2C)cc1. The van der Waals surface area contributed by atoms with E-state index in [0.717, 1.165) is 5.56 Å². The number of rotatable bonds is 8. The minimum Gasteiger partial charge on any atom is -0.497 e. The van der Waals surface area contributed by atoms with Crippen LogP contribution in [0.1, 0.15) is 30.3 Å². The van der Waals surface area contributed by atoms with Crippen LogP contribution in [0, 0.1) is 5.92 Å². The Morgan fingerprint density at radius 2 is 1.69 bits per heavy atom. The molecule has 2 unspecified atom stereocenters. The number of amides is 1. The number of aromatic nitrogens is 2. The molecular formula is C25H30N4O5S. The summed E-state index contributed by atoms with van der Waals surface area (Å²) in [7, 11) is 1.27. The number of hydrogen-bond donors (Lipinski definition) is 1. The Bertz CT molecular complexity index is 1260. The van der Waals surface area contributed by atoms with E-state index in [2.05, 4.69) is 10.3 Å². The third-order valence-electron chi connectivity index (χ3n) is 6.30. The van der Waals surface area contributed by atoms with Gasteiger partial charge in [0.1, 0.15) is 23.4 Å².